The monoisotopic (exact) mass is 182 g/mol. The van der Waals surface area contributed by atoms with Crippen molar-refractivity contribution in [1.82, 2.24) is 10.2 Å². The second-order valence-electron chi connectivity index (χ2n) is 3.92. The van der Waals surface area contributed by atoms with Crippen LogP contribution in [0.1, 0.15) is 26.7 Å². The van der Waals surface area contributed by atoms with E-state index in [0.717, 1.165) is 13.1 Å². The molecule has 0 spiro atoms. The highest BCUT2D eigenvalue weighted by Gasteiger charge is 2.17. The summed E-state index contributed by atoms with van der Waals surface area (Å²) in [6.07, 6.45) is 4.86. The fraction of sp³-hybridized carbons (Fsp3) is 0.818. The van der Waals surface area contributed by atoms with Gasteiger partial charge in [0.2, 0.25) is 0 Å². The molecule has 0 amide bonds. The summed E-state index contributed by atoms with van der Waals surface area (Å²) < 4.78 is 0. The lowest BCUT2D eigenvalue weighted by atomic mass is 10.1. The predicted molar refractivity (Wildman–Crippen MR) is 58.0 cm³/mol. The average Bonchev–Trinajstić information content (AvgIpc) is 2.16. The Hall–Kier alpha value is -0.340. The molecule has 1 rings (SSSR count). The minimum absolute atomic E-state index is 0.717. The fourth-order valence-corrected chi connectivity index (χ4v) is 1.89. The van der Waals surface area contributed by atoms with Crippen molar-refractivity contribution < 1.29 is 0 Å². The van der Waals surface area contributed by atoms with E-state index in [1.165, 1.54) is 19.4 Å². The zero-order chi connectivity index (χ0) is 9.68. The van der Waals surface area contributed by atoms with Gasteiger partial charge in [0.15, 0.2) is 0 Å². The Morgan fingerprint density at radius 2 is 2.38 bits per heavy atom. The lowest BCUT2D eigenvalue weighted by Crippen LogP contribution is -2.43. The molecule has 1 aliphatic heterocycles. The minimum atomic E-state index is 0.717. The highest BCUT2D eigenvalue weighted by molar-refractivity contribution is 5.04. The van der Waals surface area contributed by atoms with Crippen molar-refractivity contribution in [1.29, 1.82) is 0 Å². The Morgan fingerprint density at radius 3 is 2.85 bits per heavy atom. The number of hydrogen-bond acceptors (Lipinski definition) is 2. The maximum atomic E-state index is 3.26. The van der Waals surface area contributed by atoms with Crippen LogP contribution in [-0.4, -0.2) is 37.6 Å². The molecule has 0 aliphatic carbocycles. The van der Waals surface area contributed by atoms with Crippen LogP contribution in [0.25, 0.3) is 0 Å². The van der Waals surface area contributed by atoms with E-state index < -0.39 is 0 Å². The van der Waals surface area contributed by atoms with Gasteiger partial charge < -0.3 is 5.32 Å². The summed E-state index contributed by atoms with van der Waals surface area (Å²) in [5.41, 5.74) is 1.55. The second kappa shape index (κ2) is 5.40. The van der Waals surface area contributed by atoms with Crippen molar-refractivity contribution in [3.05, 3.63) is 11.6 Å². The van der Waals surface area contributed by atoms with Gasteiger partial charge in [0, 0.05) is 25.7 Å². The Bertz CT molecular complexity index is 175. The molecule has 76 valence electrons. The van der Waals surface area contributed by atoms with Crippen molar-refractivity contribution in [2.45, 2.75) is 32.7 Å². The fourth-order valence-electron chi connectivity index (χ4n) is 1.89. The van der Waals surface area contributed by atoms with Crippen LogP contribution in [0.5, 0.6) is 0 Å². The van der Waals surface area contributed by atoms with E-state index in [4.69, 9.17) is 0 Å². The number of nitrogens with one attached hydrogen (secondary N) is 1. The smallest absolute Gasteiger partial charge is 0.0221 e. The van der Waals surface area contributed by atoms with Crippen LogP contribution in [0.15, 0.2) is 11.6 Å². The summed E-state index contributed by atoms with van der Waals surface area (Å²) in [6.45, 7) is 8.00. The van der Waals surface area contributed by atoms with Crippen molar-refractivity contribution in [3.8, 4) is 0 Å². The van der Waals surface area contributed by atoms with Crippen LogP contribution in [0.2, 0.25) is 0 Å². The Labute approximate surface area is 82.0 Å². The van der Waals surface area contributed by atoms with E-state index in [2.05, 4.69) is 30.1 Å². The van der Waals surface area contributed by atoms with E-state index in [1.807, 2.05) is 7.05 Å². The summed E-state index contributed by atoms with van der Waals surface area (Å²) in [7, 11) is 2.04. The third kappa shape index (κ3) is 3.12. The van der Waals surface area contributed by atoms with Gasteiger partial charge >= 0.3 is 0 Å². The molecule has 0 aromatic rings. The Kier molecular flexibility index (Phi) is 4.46. The van der Waals surface area contributed by atoms with Crippen molar-refractivity contribution >= 4 is 0 Å². The molecule has 0 bridgehead atoms. The molecule has 0 radical (unpaired) electrons. The molecule has 0 aromatic heterocycles. The first kappa shape index (κ1) is 10.7. The molecule has 1 N–H and O–H groups in total. The second-order valence-corrected chi connectivity index (χ2v) is 3.92. The maximum absolute atomic E-state index is 3.26. The first-order chi connectivity index (χ1) is 6.27. The molecule has 0 aromatic carbocycles. The molecule has 2 heteroatoms. The lowest BCUT2D eigenvalue weighted by molar-refractivity contribution is 0.203. The maximum Gasteiger partial charge on any atom is 0.0221 e. The molecule has 1 heterocycles. The SMILES string of the molecule is CCC(CNC)N1CC=C(C)CC1. The van der Waals surface area contributed by atoms with Crippen molar-refractivity contribution in [3.63, 3.8) is 0 Å². The molecule has 0 saturated carbocycles. The van der Waals surface area contributed by atoms with Crippen molar-refractivity contribution in [2.75, 3.05) is 26.7 Å². The van der Waals surface area contributed by atoms with Crippen LogP contribution in [0, 0.1) is 0 Å². The number of nitrogens with zero attached hydrogens (tertiary/aromatic N) is 1. The molecule has 13 heavy (non-hydrogen) atoms. The summed E-state index contributed by atoms with van der Waals surface area (Å²) in [5.74, 6) is 0. The van der Waals surface area contributed by atoms with Gasteiger partial charge in [-0.05, 0) is 26.8 Å². The van der Waals surface area contributed by atoms with Crippen LogP contribution < -0.4 is 5.32 Å². The van der Waals surface area contributed by atoms with Crippen molar-refractivity contribution in [2.24, 2.45) is 0 Å². The van der Waals surface area contributed by atoms with E-state index in [9.17, 15) is 0 Å². The molecule has 2 nitrogen and oxygen atoms in total. The predicted octanol–water partition coefficient (Wildman–Crippen LogP) is 1.64. The molecule has 1 unspecified atom stereocenters. The van der Waals surface area contributed by atoms with Crippen LogP contribution in [0.3, 0.4) is 0 Å². The molecule has 1 atom stereocenters. The molecule has 0 fully saturated rings. The number of rotatable bonds is 4. The van der Waals surface area contributed by atoms with Gasteiger partial charge in [0.05, 0.1) is 0 Å². The standard InChI is InChI=1S/C11H22N2/c1-4-11(9-12-3)13-7-5-10(2)6-8-13/h5,11-12H,4,6-9H2,1-3H3. The van der Waals surface area contributed by atoms with E-state index in [0.29, 0.717) is 6.04 Å². The third-order valence-corrected chi connectivity index (χ3v) is 2.90. The molecular weight excluding hydrogens is 160 g/mol. The molecule has 1 aliphatic rings. The van der Waals surface area contributed by atoms with E-state index >= 15 is 0 Å². The van der Waals surface area contributed by atoms with Crippen LogP contribution in [-0.2, 0) is 0 Å². The quantitative estimate of drug-likeness (QED) is 0.665. The lowest BCUT2D eigenvalue weighted by Gasteiger charge is -2.32. The highest BCUT2D eigenvalue weighted by atomic mass is 15.2. The molecular formula is C11H22N2. The van der Waals surface area contributed by atoms with Crippen LogP contribution >= 0.6 is 0 Å². The summed E-state index contributed by atoms with van der Waals surface area (Å²) >= 11 is 0. The van der Waals surface area contributed by atoms with Gasteiger partial charge in [-0.15, -0.1) is 0 Å². The summed E-state index contributed by atoms with van der Waals surface area (Å²) in [4.78, 5) is 2.57. The Balaban J connectivity index is 2.42. The first-order valence-electron chi connectivity index (χ1n) is 5.32. The largest absolute Gasteiger partial charge is 0.318 e. The van der Waals surface area contributed by atoms with Gasteiger partial charge in [-0.2, -0.15) is 0 Å². The number of hydrogen-bond donors (Lipinski definition) is 1. The average molecular weight is 182 g/mol. The third-order valence-electron chi connectivity index (χ3n) is 2.90. The van der Waals surface area contributed by atoms with Crippen LogP contribution in [0.4, 0.5) is 0 Å². The topological polar surface area (TPSA) is 15.3 Å². The first-order valence-corrected chi connectivity index (χ1v) is 5.32. The summed E-state index contributed by atoms with van der Waals surface area (Å²) in [6, 6.07) is 0.717. The zero-order valence-electron chi connectivity index (χ0n) is 9.14. The normalized spacial score (nSPS) is 21.3. The van der Waals surface area contributed by atoms with E-state index in [1.54, 1.807) is 5.57 Å². The van der Waals surface area contributed by atoms with Gasteiger partial charge in [-0.1, -0.05) is 18.6 Å². The van der Waals surface area contributed by atoms with Gasteiger partial charge in [0.25, 0.3) is 0 Å². The van der Waals surface area contributed by atoms with Gasteiger partial charge in [0.1, 0.15) is 0 Å². The van der Waals surface area contributed by atoms with E-state index in [-0.39, 0.29) is 0 Å². The highest BCUT2D eigenvalue weighted by Crippen LogP contribution is 2.13. The summed E-state index contributed by atoms with van der Waals surface area (Å²) in [5, 5.41) is 3.26. The van der Waals surface area contributed by atoms with Gasteiger partial charge in [-0.3, -0.25) is 4.90 Å². The Morgan fingerprint density at radius 1 is 1.62 bits per heavy atom. The zero-order valence-corrected chi connectivity index (χ0v) is 9.14. The molecule has 0 saturated heterocycles. The van der Waals surface area contributed by atoms with Gasteiger partial charge in [-0.25, -0.2) is 0 Å². The minimum Gasteiger partial charge on any atom is -0.318 e. The number of likely N-dealkylation sites (N-methyl/N-ethyl adjacent to an activating group) is 1.